The van der Waals surface area contributed by atoms with E-state index < -0.39 is 6.10 Å². The summed E-state index contributed by atoms with van der Waals surface area (Å²) in [6, 6.07) is 0. The summed E-state index contributed by atoms with van der Waals surface area (Å²) in [7, 11) is 0. The van der Waals surface area contributed by atoms with E-state index in [4.69, 9.17) is 14.2 Å². The molecule has 0 bridgehead atoms. The highest BCUT2D eigenvalue weighted by molar-refractivity contribution is 5.71. The molecule has 0 aromatic carbocycles. The van der Waals surface area contributed by atoms with Crippen molar-refractivity contribution in [3.63, 3.8) is 0 Å². The molecule has 0 heterocycles. The third kappa shape index (κ3) is 45.2. The number of carbonyl (C=O) groups excluding carboxylic acids is 3. The van der Waals surface area contributed by atoms with Crippen molar-refractivity contribution in [1.82, 2.24) is 0 Å². The second-order valence-corrected chi connectivity index (χ2v) is 15.2. The van der Waals surface area contributed by atoms with Gasteiger partial charge in [-0.05, 0) is 103 Å². The SMILES string of the molecule is CC/C=C\C/C=C\C/C=C\C/C=C\C/C=C\C/C=C\CCC(=O)OCC(COC(=O)CCCCCCC/C=C\CCCC)OC(=O)CCCCCCC/C=C\C/C=C\CC. The number of hydrogen-bond donors (Lipinski definition) is 0. The van der Waals surface area contributed by atoms with Gasteiger partial charge in [0.15, 0.2) is 6.10 Å². The summed E-state index contributed by atoms with van der Waals surface area (Å²) >= 11 is 0. The standard InChI is InChI=1S/C54H86O6/c1-4-7-10-13-16-19-22-24-25-26-27-28-29-30-33-35-38-41-44-47-53(56)59-50-51(49-58-52(55)46-43-40-37-34-31-21-18-15-12-9-6-3)60-54(57)48-45-42-39-36-32-23-20-17-14-11-8-5-2/h7-8,10-11,15-20,24-25,27-28,30,33,38,41,51H,4-6,9,12-14,21-23,26,29,31-32,34-37,39-40,42-50H2,1-3H3/b10-7-,11-8-,18-15-,19-16-,20-17-,25-24-,28-27-,33-30-,41-38-. The molecular weight excluding hydrogens is 745 g/mol. The fourth-order valence-electron chi connectivity index (χ4n) is 5.95. The number of ether oxygens (including phenoxy) is 3. The molecule has 0 aliphatic carbocycles. The maximum Gasteiger partial charge on any atom is 0.306 e. The van der Waals surface area contributed by atoms with Gasteiger partial charge >= 0.3 is 17.9 Å². The van der Waals surface area contributed by atoms with Crippen molar-refractivity contribution in [3.05, 3.63) is 109 Å². The van der Waals surface area contributed by atoms with Crippen LogP contribution in [0.15, 0.2) is 109 Å². The summed E-state index contributed by atoms with van der Waals surface area (Å²) in [5.74, 6) is -1.04. The summed E-state index contributed by atoms with van der Waals surface area (Å²) in [4.78, 5) is 37.8. The van der Waals surface area contributed by atoms with Crippen LogP contribution in [0.3, 0.4) is 0 Å². The van der Waals surface area contributed by atoms with E-state index in [9.17, 15) is 14.4 Å². The third-order valence-electron chi connectivity index (χ3n) is 9.51. The molecule has 60 heavy (non-hydrogen) atoms. The smallest absolute Gasteiger partial charge is 0.306 e. The Balaban J connectivity index is 4.52. The molecule has 0 spiro atoms. The van der Waals surface area contributed by atoms with Gasteiger partial charge in [0.1, 0.15) is 13.2 Å². The molecule has 0 amide bonds. The van der Waals surface area contributed by atoms with Crippen LogP contribution in [0.1, 0.15) is 194 Å². The van der Waals surface area contributed by atoms with E-state index in [0.717, 1.165) is 122 Å². The number of unbranched alkanes of at least 4 members (excludes halogenated alkanes) is 12. The lowest BCUT2D eigenvalue weighted by atomic mass is 10.1. The van der Waals surface area contributed by atoms with Gasteiger partial charge in [0.25, 0.3) is 0 Å². The van der Waals surface area contributed by atoms with E-state index in [-0.39, 0.29) is 37.5 Å². The summed E-state index contributed by atoms with van der Waals surface area (Å²) in [6.45, 7) is 6.26. The molecule has 1 unspecified atom stereocenters. The fourth-order valence-corrected chi connectivity index (χ4v) is 5.95. The van der Waals surface area contributed by atoms with Gasteiger partial charge in [0.05, 0.1) is 0 Å². The number of allylic oxidation sites excluding steroid dienone is 18. The molecule has 0 N–H and O–H groups in total. The molecule has 0 rings (SSSR count). The Kier molecular flexibility index (Phi) is 44.6. The van der Waals surface area contributed by atoms with Gasteiger partial charge in [-0.3, -0.25) is 14.4 Å². The van der Waals surface area contributed by atoms with Crippen molar-refractivity contribution in [2.75, 3.05) is 13.2 Å². The van der Waals surface area contributed by atoms with E-state index >= 15 is 0 Å². The molecule has 0 aliphatic rings. The minimum Gasteiger partial charge on any atom is -0.462 e. The lowest BCUT2D eigenvalue weighted by Crippen LogP contribution is -2.30. The Morgan fingerprint density at radius 2 is 0.683 bits per heavy atom. The monoisotopic (exact) mass is 831 g/mol. The predicted molar refractivity (Wildman–Crippen MR) is 256 cm³/mol. The topological polar surface area (TPSA) is 78.9 Å². The van der Waals surface area contributed by atoms with Crippen LogP contribution >= 0.6 is 0 Å². The molecule has 338 valence electrons. The second-order valence-electron chi connectivity index (χ2n) is 15.2. The van der Waals surface area contributed by atoms with Gasteiger partial charge in [-0.1, -0.05) is 182 Å². The molecule has 0 fully saturated rings. The lowest BCUT2D eigenvalue weighted by Gasteiger charge is -2.18. The summed E-state index contributed by atoms with van der Waals surface area (Å²) in [5.41, 5.74) is 0. The van der Waals surface area contributed by atoms with Crippen molar-refractivity contribution in [2.24, 2.45) is 0 Å². The van der Waals surface area contributed by atoms with Crippen LogP contribution in [0.5, 0.6) is 0 Å². The first-order valence-corrected chi connectivity index (χ1v) is 23.9. The van der Waals surface area contributed by atoms with Crippen molar-refractivity contribution in [3.8, 4) is 0 Å². The molecule has 0 aromatic rings. The molecule has 6 nitrogen and oxygen atoms in total. The second kappa shape index (κ2) is 47.7. The quantitative estimate of drug-likeness (QED) is 0.0264. The summed E-state index contributed by atoms with van der Waals surface area (Å²) in [5, 5.41) is 0. The zero-order valence-electron chi connectivity index (χ0n) is 38.4. The van der Waals surface area contributed by atoms with Gasteiger partial charge in [0, 0.05) is 19.3 Å². The molecule has 0 aliphatic heterocycles. The van der Waals surface area contributed by atoms with Crippen LogP contribution in [-0.4, -0.2) is 37.2 Å². The summed E-state index contributed by atoms with van der Waals surface area (Å²) in [6.07, 6.45) is 63.7. The molecule has 0 aromatic heterocycles. The average molecular weight is 831 g/mol. The van der Waals surface area contributed by atoms with Gasteiger partial charge < -0.3 is 14.2 Å². The highest BCUT2D eigenvalue weighted by Crippen LogP contribution is 2.12. The first-order valence-electron chi connectivity index (χ1n) is 23.9. The first kappa shape index (κ1) is 56.1. The van der Waals surface area contributed by atoms with E-state index in [1.807, 2.05) is 12.2 Å². The highest BCUT2D eigenvalue weighted by Gasteiger charge is 2.19. The van der Waals surface area contributed by atoms with Crippen molar-refractivity contribution < 1.29 is 28.6 Å². The Morgan fingerprint density at radius 3 is 1.13 bits per heavy atom. The summed E-state index contributed by atoms with van der Waals surface area (Å²) < 4.78 is 16.6. The molecular formula is C54H86O6. The van der Waals surface area contributed by atoms with Crippen LogP contribution in [-0.2, 0) is 28.6 Å². The Morgan fingerprint density at radius 1 is 0.350 bits per heavy atom. The average Bonchev–Trinajstić information content (AvgIpc) is 3.24. The van der Waals surface area contributed by atoms with E-state index in [1.54, 1.807) is 0 Å². The lowest BCUT2D eigenvalue weighted by molar-refractivity contribution is -0.166. The highest BCUT2D eigenvalue weighted by atomic mass is 16.6. The molecule has 6 heteroatoms. The Hall–Kier alpha value is -3.93. The first-order chi connectivity index (χ1) is 29.5. The Bertz CT molecular complexity index is 1280. The van der Waals surface area contributed by atoms with Crippen molar-refractivity contribution in [1.29, 1.82) is 0 Å². The van der Waals surface area contributed by atoms with E-state index in [0.29, 0.717) is 19.3 Å². The van der Waals surface area contributed by atoms with Crippen LogP contribution in [0.2, 0.25) is 0 Å². The molecule has 0 radical (unpaired) electrons. The normalized spacial score (nSPS) is 13.1. The van der Waals surface area contributed by atoms with Gasteiger partial charge in [0.2, 0.25) is 0 Å². The van der Waals surface area contributed by atoms with Crippen LogP contribution < -0.4 is 0 Å². The maximum atomic E-state index is 12.7. The van der Waals surface area contributed by atoms with Gasteiger partial charge in [-0.15, -0.1) is 0 Å². The van der Waals surface area contributed by atoms with E-state index in [1.165, 1.54) is 25.7 Å². The number of esters is 3. The minimum absolute atomic E-state index is 0.114. The maximum absolute atomic E-state index is 12.7. The van der Waals surface area contributed by atoms with Crippen molar-refractivity contribution in [2.45, 2.75) is 200 Å². The number of rotatable bonds is 41. The largest absolute Gasteiger partial charge is 0.462 e. The van der Waals surface area contributed by atoms with Crippen LogP contribution in [0.25, 0.3) is 0 Å². The zero-order chi connectivity index (χ0) is 43.7. The molecule has 0 saturated carbocycles. The molecule has 0 saturated heterocycles. The zero-order valence-corrected chi connectivity index (χ0v) is 38.4. The number of carbonyl (C=O) groups is 3. The third-order valence-corrected chi connectivity index (χ3v) is 9.51. The molecule has 1 atom stereocenters. The van der Waals surface area contributed by atoms with Crippen molar-refractivity contribution >= 4 is 17.9 Å². The Labute approximate surface area is 368 Å². The minimum atomic E-state index is -0.819. The van der Waals surface area contributed by atoms with Crippen LogP contribution in [0, 0.1) is 0 Å². The fraction of sp³-hybridized carbons (Fsp3) is 0.611. The van der Waals surface area contributed by atoms with Gasteiger partial charge in [-0.25, -0.2) is 0 Å². The number of hydrogen-bond acceptors (Lipinski definition) is 6. The van der Waals surface area contributed by atoms with E-state index in [2.05, 4.69) is 118 Å². The predicted octanol–water partition coefficient (Wildman–Crippen LogP) is 15.6. The van der Waals surface area contributed by atoms with Gasteiger partial charge in [-0.2, -0.15) is 0 Å². The van der Waals surface area contributed by atoms with Crippen LogP contribution in [0.4, 0.5) is 0 Å².